The van der Waals surface area contributed by atoms with Crippen molar-refractivity contribution in [2.24, 2.45) is 0 Å². The fourth-order valence-electron chi connectivity index (χ4n) is 3.14. The molecule has 1 amide bonds. The summed E-state index contributed by atoms with van der Waals surface area (Å²) in [5, 5.41) is 12.0. The number of ether oxygens (including phenoxy) is 1. The van der Waals surface area contributed by atoms with E-state index < -0.39 is 0 Å². The molecule has 0 N–H and O–H groups in total. The molecule has 0 spiro atoms. The number of amides is 1. The van der Waals surface area contributed by atoms with E-state index in [1.54, 1.807) is 36.4 Å². The first-order valence-corrected chi connectivity index (χ1v) is 10.2. The highest BCUT2D eigenvalue weighted by atomic mass is 16.5. The molecule has 2 aromatic carbocycles. The second-order valence-electron chi connectivity index (χ2n) is 7.22. The zero-order valence-electron chi connectivity index (χ0n) is 17.9. The van der Waals surface area contributed by atoms with Gasteiger partial charge in [0, 0.05) is 18.7 Å². The van der Waals surface area contributed by atoms with Crippen molar-refractivity contribution in [2.45, 2.75) is 6.92 Å². The summed E-state index contributed by atoms with van der Waals surface area (Å²) >= 11 is 0. The van der Waals surface area contributed by atoms with Crippen molar-refractivity contribution in [1.29, 1.82) is 0 Å². The summed E-state index contributed by atoms with van der Waals surface area (Å²) in [6, 6.07) is 20.8. The van der Waals surface area contributed by atoms with Gasteiger partial charge in [-0.05, 0) is 47.2 Å². The normalized spacial score (nSPS) is 11.4. The summed E-state index contributed by atoms with van der Waals surface area (Å²) in [6.45, 7) is 2.73. The van der Waals surface area contributed by atoms with Crippen LogP contribution in [0, 0.1) is 6.92 Å². The average Bonchev–Trinajstić information content (AvgIpc) is 3.50. The van der Waals surface area contributed by atoms with Gasteiger partial charge in [0.1, 0.15) is 23.8 Å². The summed E-state index contributed by atoms with van der Waals surface area (Å²) in [6.07, 6.45) is 3.17. The molecule has 4 rings (SSSR count). The molecule has 0 aliphatic heterocycles. The minimum absolute atomic E-state index is 0.265. The van der Waals surface area contributed by atoms with Gasteiger partial charge in [-0.1, -0.05) is 42.5 Å². The second-order valence-corrected chi connectivity index (χ2v) is 7.22. The molecule has 0 unspecified atom stereocenters. The summed E-state index contributed by atoms with van der Waals surface area (Å²) < 4.78 is 12.7. The lowest BCUT2D eigenvalue weighted by molar-refractivity contribution is -0.124. The third-order valence-electron chi connectivity index (χ3n) is 4.80. The number of carbonyl (C=O) groups excluding carboxylic acids is 1. The molecule has 8 heteroatoms. The van der Waals surface area contributed by atoms with E-state index in [9.17, 15) is 4.79 Å². The topological polar surface area (TPSA) is 86.3 Å². The number of hydrogen-bond acceptors (Lipinski definition) is 6. The maximum absolute atomic E-state index is 13.4. The van der Waals surface area contributed by atoms with Gasteiger partial charge in [0.15, 0.2) is 5.82 Å². The van der Waals surface area contributed by atoms with Gasteiger partial charge in [0.05, 0.1) is 12.8 Å². The minimum Gasteiger partial charge on any atom is -0.492 e. The lowest BCUT2D eigenvalue weighted by atomic mass is 10.2. The monoisotopic (exact) mass is 429 g/mol. The van der Waals surface area contributed by atoms with Crippen LogP contribution in [0.15, 0.2) is 77.4 Å². The van der Waals surface area contributed by atoms with Crippen LogP contribution < -0.4 is 4.74 Å². The van der Waals surface area contributed by atoms with Gasteiger partial charge in [-0.3, -0.25) is 4.79 Å². The summed E-state index contributed by atoms with van der Waals surface area (Å²) in [5.74, 6) is 1.48. The number of tetrazole rings is 1. The molecule has 0 atom stereocenters. The Morgan fingerprint density at radius 3 is 2.72 bits per heavy atom. The summed E-state index contributed by atoms with van der Waals surface area (Å²) in [7, 11) is 1.71. The Morgan fingerprint density at radius 2 is 1.97 bits per heavy atom. The van der Waals surface area contributed by atoms with Crippen LogP contribution in [0.5, 0.6) is 5.75 Å². The van der Waals surface area contributed by atoms with E-state index >= 15 is 0 Å². The number of carbonyl (C=O) groups is 1. The first-order chi connectivity index (χ1) is 15.6. The van der Waals surface area contributed by atoms with Crippen molar-refractivity contribution in [1.82, 2.24) is 25.1 Å². The Labute approximate surface area is 185 Å². The largest absolute Gasteiger partial charge is 0.492 e. The molecule has 162 valence electrons. The highest BCUT2D eigenvalue weighted by Crippen LogP contribution is 2.22. The SMILES string of the molecule is Cc1cccc(OCCN(C)C(=O)/C(=C\c2ccco2)n2nnnc2-c2ccccc2)c1. The van der Waals surface area contributed by atoms with E-state index in [0.717, 1.165) is 16.9 Å². The molecule has 2 aromatic heterocycles. The Hall–Kier alpha value is -4.20. The molecule has 0 radical (unpaired) electrons. The minimum atomic E-state index is -0.265. The van der Waals surface area contributed by atoms with Crippen molar-refractivity contribution in [3.8, 4) is 17.1 Å². The fraction of sp³-hybridized carbons (Fsp3) is 0.167. The van der Waals surface area contributed by atoms with Gasteiger partial charge in [-0.2, -0.15) is 4.68 Å². The smallest absolute Gasteiger partial charge is 0.272 e. The van der Waals surface area contributed by atoms with Crippen molar-refractivity contribution in [2.75, 3.05) is 20.2 Å². The van der Waals surface area contributed by atoms with E-state index in [-0.39, 0.29) is 11.6 Å². The fourth-order valence-corrected chi connectivity index (χ4v) is 3.14. The first-order valence-electron chi connectivity index (χ1n) is 10.2. The number of likely N-dealkylation sites (N-methyl/N-ethyl adjacent to an activating group) is 1. The predicted octanol–water partition coefficient (Wildman–Crippen LogP) is 3.78. The molecule has 2 heterocycles. The van der Waals surface area contributed by atoms with Crippen LogP contribution in [0.25, 0.3) is 23.2 Å². The third kappa shape index (κ3) is 4.92. The molecule has 8 nitrogen and oxygen atoms in total. The highest BCUT2D eigenvalue weighted by Gasteiger charge is 2.22. The Bertz CT molecular complexity index is 1200. The lowest BCUT2D eigenvalue weighted by Gasteiger charge is -2.19. The quantitative estimate of drug-likeness (QED) is 0.396. The van der Waals surface area contributed by atoms with Crippen molar-refractivity contribution in [3.05, 3.63) is 84.3 Å². The first kappa shape index (κ1) is 21.0. The maximum atomic E-state index is 13.4. The Balaban J connectivity index is 1.56. The number of rotatable bonds is 8. The second kappa shape index (κ2) is 9.74. The van der Waals surface area contributed by atoms with E-state index in [0.29, 0.717) is 24.7 Å². The molecule has 0 bridgehead atoms. The zero-order valence-corrected chi connectivity index (χ0v) is 17.9. The number of aromatic nitrogens is 4. The van der Waals surface area contributed by atoms with Gasteiger partial charge in [0.2, 0.25) is 0 Å². The van der Waals surface area contributed by atoms with Crippen LogP contribution in [-0.2, 0) is 4.79 Å². The van der Waals surface area contributed by atoms with Crippen LogP contribution in [0.1, 0.15) is 11.3 Å². The third-order valence-corrected chi connectivity index (χ3v) is 4.80. The molecule has 0 aliphatic rings. The summed E-state index contributed by atoms with van der Waals surface area (Å²) in [4.78, 5) is 15.0. The lowest BCUT2D eigenvalue weighted by Crippen LogP contribution is -2.33. The predicted molar refractivity (Wildman–Crippen MR) is 120 cm³/mol. The molecule has 32 heavy (non-hydrogen) atoms. The van der Waals surface area contributed by atoms with Gasteiger partial charge < -0.3 is 14.1 Å². The zero-order chi connectivity index (χ0) is 22.3. The van der Waals surface area contributed by atoms with Crippen LogP contribution in [0.3, 0.4) is 0 Å². The molecule has 0 fully saturated rings. The molecule has 0 saturated heterocycles. The molecular weight excluding hydrogens is 406 g/mol. The highest BCUT2D eigenvalue weighted by molar-refractivity contribution is 6.18. The van der Waals surface area contributed by atoms with Crippen molar-refractivity contribution >= 4 is 17.7 Å². The van der Waals surface area contributed by atoms with Crippen LogP contribution in [0.4, 0.5) is 0 Å². The van der Waals surface area contributed by atoms with Crippen LogP contribution in [0.2, 0.25) is 0 Å². The molecule has 0 aliphatic carbocycles. The van der Waals surface area contributed by atoms with E-state index in [1.165, 1.54) is 4.68 Å². The maximum Gasteiger partial charge on any atom is 0.272 e. The Morgan fingerprint density at radius 1 is 1.12 bits per heavy atom. The Kier molecular flexibility index (Phi) is 6.41. The number of benzene rings is 2. The van der Waals surface area contributed by atoms with E-state index in [2.05, 4.69) is 15.5 Å². The molecular formula is C24H23N5O3. The number of furan rings is 1. The number of nitrogens with zero attached hydrogens (tertiary/aromatic N) is 5. The van der Waals surface area contributed by atoms with E-state index in [4.69, 9.17) is 9.15 Å². The van der Waals surface area contributed by atoms with Gasteiger partial charge >= 0.3 is 0 Å². The molecule has 0 saturated carbocycles. The number of aryl methyl sites for hydroxylation is 1. The van der Waals surface area contributed by atoms with Crippen LogP contribution in [-0.4, -0.2) is 51.2 Å². The summed E-state index contributed by atoms with van der Waals surface area (Å²) in [5.41, 5.74) is 2.17. The average molecular weight is 429 g/mol. The molecule has 4 aromatic rings. The standard InChI is InChI=1S/C24H23N5O3/c1-18-8-6-11-20(16-18)32-15-13-28(2)24(30)22(17-21-12-7-14-31-21)29-23(25-26-27-29)19-9-4-3-5-10-19/h3-12,14,16-17H,13,15H2,1-2H3/b22-17+. The van der Waals surface area contributed by atoms with E-state index in [1.807, 2.05) is 61.5 Å². The number of hydrogen-bond donors (Lipinski definition) is 0. The van der Waals surface area contributed by atoms with Crippen molar-refractivity contribution < 1.29 is 13.9 Å². The van der Waals surface area contributed by atoms with Crippen molar-refractivity contribution in [3.63, 3.8) is 0 Å². The van der Waals surface area contributed by atoms with Crippen LogP contribution >= 0.6 is 0 Å². The van der Waals surface area contributed by atoms with Gasteiger partial charge in [-0.15, -0.1) is 5.10 Å². The van der Waals surface area contributed by atoms with Gasteiger partial charge in [0.25, 0.3) is 5.91 Å². The van der Waals surface area contributed by atoms with Gasteiger partial charge in [-0.25, -0.2) is 0 Å².